The van der Waals surface area contributed by atoms with Gasteiger partial charge in [-0.3, -0.25) is 14.3 Å². The molecule has 1 saturated heterocycles. The number of hydrogen-bond acceptors (Lipinski definition) is 4. The van der Waals surface area contributed by atoms with E-state index in [2.05, 4.69) is 21.0 Å². The summed E-state index contributed by atoms with van der Waals surface area (Å²) >= 11 is 0. The van der Waals surface area contributed by atoms with Gasteiger partial charge in [0.1, 0.15) is 0 Å². The van der Waals surface area contributed by atoms with Crippen molar-refractivity contribution in [3.63, 3.8) is 0 Å². The van der Waals surface area contributed by atoms with Gasteiger partial charge in [0.15, 0.2) is 0 Å². The maximum atomic E-state index is 12.6. The van der Waals surface area contributed by atoms with E-state index in [1.165, 1.54) is 0 Å². The van der Waals surface area contributed by atoms with Crippen LogP contribution < -0.4 is 16.0 Å². The Bertz CT molecular complexity index is 770. The Morgan fingerprint density at radius 3 is 2.92 bits per heavy atom. The highest BCUT2D eigenvalue weighted by Gasteiger charge is 2.34. The van der Waals surface area contributed by atoms with Crippen molar-refractivity contribution in [1.29, 1.82) is 0 Å². The molecule has 1 aliphatic heterocycles. The Balaban J connectivity index is 1.63. The van der Waals surface area contributed by atoms with Crippen LogP contribution in [0, 0.1) is 5.92 Å². The third kappa shape index (κ3) is 3.88. The zero-order valence-electron chi connectivity index (χ0n) is 14.5. The SMILES string of the molecule is CNC(=O)c1cccc(CNC(=O)[C@H]2CNC[C@@H]2c2cnn(C)c2)c1. The Labute approximate surface area is 146 Å². The molecule has 25 heavy (non-hydrogen) atoms. The Kier molecular flexibility index (Phi) is 5.14. The fourth-order valence-corrected chi connectivity index (χ4v) is 3.22. The van der Waals surface area contributed by atoms with Crippen LogP contribution in [0.3, 0.4) is 0 Å². The molecule has 1 fully saturated rings. The van der Waals surface area contributed by atoms with Gasteiger partial charge in [0.25, 0.3) is 5.91 Å². The Morgan fingerprint density at radius 2 is 2.20 bits per heavy atom. The van der Waals surface area contributed by atoms with Crippen molar-refractivity contribution in [2.75, 3.05) is 20.1 Å². The molecule has 0 spiro atoms. The van der Waals surface area contributed by atoms with E-state index >= 15 is 0 Å². The molecule has 0 aliphatic carbocycles. The number of amides is 2. The molecule has 0 bridgehead atoms. The molecule has 7 nitrogen and oxygen atoms in total. The highest BCUT2D eigenvalue weighted by atomic mass is 16.2. The number of nitrogens with zero attached hydrogens (tertiary/aromatic N) is 2. The summed E-state index contributed by atoms with van der Waals surface area (Å²) in [6.07, 6.45) is 3.79. The van der Waals surface area contributed by atoms with Crippen LogP contribution in [-0.2, 0) is 18.4 Å². The van der Waals surface area contributed by atoms with E-state index in [0.717, 1.165) is 17.7 Å². The standard InChI is InChI=1S/C18H23N5O2/c1-19-17(24)13-5-3-4-12(6-13)7-21-18(25)16-10-20-9-15(16)14-8-22-23(2)11-14/h3-6,8,11,15-16,20H,7,9-10H2,1-2H3,(H,19,24)(H,21,25)/t15-,16+/m1/s1. The first-order valence-electron chi connectivity index (χ1n) is 8.36. The maximum absolute atomic E-state index is 12.6. The van der Waals surface area contributed by atoms with Gasteiger partial charge in [0.05, 0.1) is 12.1 Å². The number of hydrogen-bond donors (Lipinski definition) is 3. The first-order valence-corrected chi connectivity index (χ1v) is 8.36. The van der Waals surface area contributed by atoms with E-state index in [9.17, 15) is 9.59 Å². The van der Waals surface area contributed by atoms with E-state index in [4.69, 9.17) is 0 Å². The van der Waals surface area contributed by atoms with E-state index in [0.29, 0.717) is 18.7 Å². The van der Waals surface area contributed by atoms with E-state index in [1.807, 2.05) is 31.6 Å². The molecule has 3 N–H and O–H groups in total. The highest BCUT2D eigenvalue weighted by Crippen LogP contribution is 2.27. The van der Waals surface area contributed by atoms with Gasteiger partial charge < -0.3 is 16.0 Å². The van der Waals surface area contributed by atoms with Crippen LogP contribution in [0.25, 0.3) is 0 Å². The second kappa shape index (κ2) is 7.48. The predicted octanol–water partition coefficient (Wildman–Crippen LogP) is 0.399. The average Bonchev–Trinajstić information content (AvgIpc) is 3.27. The monoisotopic (exact) mass is 341 g/mol. The third-order valence-corrected chi connectivity index (χ3v) is 4.59. The molecule has 2 amide bonds. The van der Waals surface area contributed by atoms with Gasteiger partial charge in [-0.1, -0.05) is 12.1 Å². The molecule has 0 unspecified atom stereocenters. The fraction of sp³-hybridized carbons (Fsp3) is 0.389. The summed E-state index contributed by atoms with van der Waals surface area (Å²) in [6, 6.07) is 7.27. The Hall–Kier alpha value is -2.67. The molecular formula is C18H23N5O2. The van der Waals surface area contributed by atoms with Gasteiger partial charge in [-0.2, -0.15) is 5.10 Å². The third-order valence-electron chi connectivity index (χ3n) is 4.59. The zero-order chi connectivity index (χ0) is 17.8. The minimum atomic E-state index is -0.134. The van der Waals surface area contributed by atoms with Gasteiger partial charge in [0, 0.05) is 51.4 Å². The Morgan fingerprint density at radius 1 is 1.36 bits per heavy atom. The largest absolute Gasteiger partial charge is 0.355 e. The fourth-order valence-electron chi connectivity index (χ4n) is 3.22. The quantitative estimate of drug-likeness (QED) is 0.735. The molecule has 0 saturated carbocycles. The number of nitrogens with one attached hydrogen (secondary N) is 3. The molecule has 1 aromatic carbocycles. The van der Waals surface area contributed by atoms with Gasteiger partial charge in [-0.15, -0.1) is 0 Å². The topological polar surface area (TPSA) is 88.1 Å². The minimum Gasteiger partial charge on any atom is -0.355 e. The molecule has 2 heterocycles. The molecule has 132 valence electrons. The summed E-state index contributed by atoms with van der Waals surface area (Å²) in [4.78, 5) is 24.3. The maximum Gasteiger partial charge on any atom is 0.251 e. The summed E-state index contributed by atoms with van der Waals surface area (Å²) in [5.74, 6) is -0.105. The van der Waals surface area contributed by atoms with Crippen LogP contribution in [0.2, 0.25) is 0 Å². The number of carbonyl (C=O) groups is 2. The smallest absolute Gasteiger partial charge is 0.251 e. The zero-order valence-corrected chi connectivity index (χ0v) is 14.5. The lowest BCUT2D eigenvalue weighted by atomic mass is 9.90. The molecule has 2 atom stereocenters. The normalized spacial score (nSPS) is 19.6. The second-order valence-electron chi connectivity index (χ2n) is 6.32. The van der Waals surface area contributed by atoms with Gasteiger partial charge in [-0.05, 0) is 23.3 Å². The summed E-state index contributed by atoms with van der Waals surface area (Å²) < 4.78 is 1.76. The van der Waals surface area contributed by atoms with Crippen LogP contribution in [0.5, 0.6) is 0 Å². The number of carbonyl (C=O) groups excluding carboxylic acids is 2. The number of aromatic nitrogens is 2. The van der Waals surface area contributed by atoms with Gasteiger partial charge in [0.2, 0.25) is 5.91 Å². The summed E-state index contributed by atoms with van der Waals surface area (Å²) in [7, 11) is 3.48. The average molecular weight is 341 g/mol. The summed E-state index contributed by atoms with van der Waals surface area (Å²) in [5.41, 5.74) is 2.57. The summed E-state index contributed by atoms with van der Waals surface area (Å²) in [6.45, 7) is 1.83. The molecule has 1 aliphatic rings. The van der Waals surface area contributed by atoms with Crippen LogP contribution in [0.1, 0.15) is 27.4 Å². The highest BCUT2D eigenvalue weighted by molar-refractivity contribution is 5.94. The van der Waals surface area contributed by atoms with Crippen LogP contribution in [0.15, 0.2) is 36.7 Å². The van der Waals surface area contributed by atoms with Crippen molar-refractivity contribution in [2.45, 2.75) is 12.5 Å². The number of rotatable bonds is 5. The van der Waals surface area contributed by atoms with Gasteiger partial charge in [-0.25, -0.2) is 0 Å². The number of benzene rings is 1. The molecule has 7 heteroatoms. The first-order chi connectivity index (χ1) is 12.1. The van der Waals surface area contributed by atoms with Crippen molar-refractivity contribution in [3.8, 4) is 0 Å². The van der Waals surface area contributed by atoms with E-state index in [1.54, 1.807) is 23.9 Å². The van der Waals surface area contributed by atoms with Crippen molar-refractivity contribution in [3.05, 3.63) is 53.3 Å². The summed E-state index contributed by atoms with van der Waals surface area (Å²) in [5, 5.41) is 13.1. The lowest BCUT2D eigenvalue weighted by Crippen LogP contribution is -2.34. The first kappa shape index (κ1) is 17.2. The van der Waals surface area contributed by atoms with Crippen LogP contribution in [-0.4, -0.2) is 41.7 Å². The predicted molar refractivity (Wildman–Crippen MR) is 94.0 cm³/mol. The molecule has 3 rings (SSSR count). The van der Waals surface area contributed by atoms with Gasteiger partial charge >= 0.3 is 0 Å². The van der Waals surface area contributed by atoms with Crippen LogP contribution in [0.4, 0.5) is 0 Å². The molecular weight excluding hydrogens is 318 g/mol. The van der Waals surface area contributed by atoms with Crippen molar-refractivity contribution in [1.82, 2.24) is 25.7 Å². The van der Waals surface area contributed by atoms with E-state index in [-0.39, 0.29) is 23.7 Å². The minimum absolute atomic E-state index is 0.0178. The lowest BCUT2D eigenvalue weighted by molar-refractivity contribution is -0.125. The van der Waals surface area contributed by atoms with Crippen molar-refractivity contribution < 1.29 is 9.59 Å². The molecule has 2 aromatic rings. The van der Waals surface area contributed by atoms with Crippen molar-refractivity contribution in [2.24, 2.45) is 13.0 Å². The van der Waals surface area contributed by atoms with E-state index < -0.39 is 0 Å². The molecule has 0 radical (unpaired) electrons. The lowest BCUT2D eigenvalue weighted by Gasteiger charge is -2.17. The second-order valence-corrected chi connectivity index (χ2v) is 6.32. The number of aryl methyl sites for hydroxylation is 1. The van der Waals surface area contributed by atoms with Crippen molar-refractivity contribution >= 4 is 11.8 Å². The van der Waals surface area contributed by atoms with Crippen LogP contribution >= 0.6 is 0 Å². The molecule has 1 aromatic heterocycles.